The van der Waals surface area contributed by atoms with Crippen molar-refractivity contribution in [2.75, 3.05) is 13.1 Å². The van der Waals surface area contributed by atoms with E-state index in [0.717, 1.165) is 19.5 Å². The number of hydrogen-bond donors (Lipinski definition) is 1. The number of pyridine rings is 1. The summed E-state index contributed by atoms with van der Waals surface area (Å²) in [6.45, 7) is 4.11. The molecule has 1 aromatic heterocycles. The van der Waals surface area contributed by atoms with Crippen LogP contribution in [-0.4, -0.2) is 22.6 Å². The van der Waals surface area contributed by atoms with Crippen molar-refractivity contribution in [3.05, 3.63) is 37.2 Å². The Bertz CT molecular complexity index is 459. The Kier molecular flexibility index (Phi) is 5.30. The zero-order valence-corrected chi connectivity index (χ0v) is 11.1. The average molecular weight is 304 g/mol. The summed E-state index contributed by atoms with van der Waals surface area (Å²) < 4.78 is 1.90. The molecule has 1 rings (SSSR count). The molecule has 0 saturated carbocycles. The zero-order valence-electron chi connectivity index (χ0n) is 9.48. The number of nitrogens with one attached hydrogen (secondary N) is 1. The van der Waals surface area contributed by atoms with Crippen LogP contribution in [0, 0.1) is 10.1 Å². The van der Waals surface area contributed by atoms with E-state index in [1.807, 2.05) is 6.92 Å². The lowest BCUT2D eigenvalue weighted by molar-refractivity contribution is -0.386. The summed E-state index contributed by atoms with van der Waals surface area (Å²) in [4.78, 5) is 21.7. The first-order valence-corrected chi connectivity index (χ1v) is 6.10. The summed E-state index contributed by atoms with van der Waals surface area (Å²) in [5.74, 6) is 0. The van der Waals surface area contributed by atoms with Gasteiger partial charge in [0.05, 0.1) is 4.92 Å². The summed E-state index contributed by atoms with van der Waals surface area (Å²) in [6, 6.07) is 1.23. The predicted octanol–water partition coefficient (Wildman–Crippen LogP) is 1.52. The SMILES string of the molecule is CCNCCCn1cc(Br)cc([N+](=O)[O-])c1=O. The summed E-state index contributed by atoms with van der Waals surface area (Å²) >= 11 is 3.16. The van der Waals surface area contributed by atoms with E-state index in [-0.39, 0.29) is 0 Å². The van der Waals surface area contributed by atoms with Crippen molar-refractivity contribution in [2.24, 2.45) is 0 Å². The van der Waals surface area contributed by atoms with E-state index in [2.05, 4.69) is 21.2 Å². The van der Waals surface area contributed by atoms with Crippen molar-refractivity contribution in [1.82, 2.24) is 9.88 Å². The van der Waals surface area contributed by atoms with Crippen LogP contribution in [0.4, 0.5) is 5.69 Å². The highest BCUT2D eigenvalue weighted by Gasteiger charge is 2.15. The van der Waals surface area contributed by atoms with Crippen LogP contribution < -0.4 is 10.9 Å². The van der Waals surface area contributed by atoms with Gasteiger partial charge in [0, 0.05) is 23.3 Å². The number of aryl methyl sites for hydroxylation is 1. The smallest absolute Gasteiger partial charge is 0.317 e. The molecular weight excluding hydrogens is 290 g/mol. The lowest BCUT2D eigenvalue weighted by Gasteiger charge is -2.06. The van der Waals surface area contributed by atoms with Gasteiger partial charge in [-0.1, -0.05) is 6.92 Å². The third kappa shape index (κ3) is 3.94. The predicted molar refractivity (Wildman–Crippen MR) is 68.2 cm³/mol. The van der Waals surface area contributed by atoms with Crippen LogP contribution >= 0.6 is 15.9 Å². The third-order valence-electron chi connectivity index (χ3n) is 2.23. The Hall–Kier alpha value is -1.21. The minimum atomic E-state index is -0.659. The van der Waals surface area contributed by atoms with Gasteiger partial charge in [0.15, 0.2) is 0 Å². The lowest BCUT2D eigenvalue weighted by atomic mass is 10.3. The highest BCUT2D eigenvalue weighted by Crippen LogP contribution is 2.13. The molecule has 94 valence electrons. The Morgan fingerprint density at radius 3 is 2.88 bits per heavy atom. The molecule has 0 radical (unpaired) electrons. The summed E-state index contributed by atoms with van der Waals surface area (Å²) in [6.07, 6.45) is 2.32. The Labute approximate surface area is 107 Å². The number of halogens is 1. The van der Waals surface area contributed by atoms with Gasteiger partial charge in [-0.15, -0.1) is 0 Å². The molecule has 1 aromatic rings. The van der Waals surface area contributed by atoms with Gasteiger partial charge in [0.2, 0.25) is 0 Å². The molecule has 1 N–H and O–H groups in total. The molecule has 0 aliphatic carbocycles. The van der Waals surface area contributed by atoms with Gasteiger partial charge in [-0.2, -0.15) is 0 Å². The molecule has 0 aliphatic rings. The van der Waals surface area contributed by atoms with E-state index < -0.39 is 16.2 Å². The number of aromatic nitrogens is 1. The van der Waals surface area contributed by atoms with Crippen LogP contribution in [0.1, 0.15) is 13.3 Å². The molecule has 1 heterocycles. The van der Waals surface area contributed by atoms with Crippen LogP contribution in [0.2, 0.25) is 0 Å². The topological polar surface area (TPSA) is 77.2 Å². The summed E-state index contributed by atoms with van der Waals surface area (Å²) in [5.41, 5.74) is -0.961. The Morgan fingerprint density at radius 1 is 1.59 bits per heavy atom. The second-order valence-corrected chi connectivity index (χ2v) is 4.42. The minimum Gasteiger partial charge on any atom is -0.317 e. The molecule has 0 fully saturated rings. The van der Waals surface area contributed by atoms with Gasteiger partial charge in [-0.3, -0.25) is 14.9 Å². The number of hydrogen-bond acceptors (Lipinski definition) is 4. The van der Waals surface area contributed by atoms with E-state index in [1.165, 1.54) is 10.6 Å². The maximum Gasteiger partial charge on any atom is 0.335 e. The third-order valence-corrected chi connectivity index (χ3v) is 2.67. The van der Waals surface area contributed by atoms with Gasteiger partial charge in [-0.05, 0) is 35.4 Å². The second kappa shape index (κ2) is 6.51. The molecule has 6 nitrogen and oxygen atoms in total. The van der Waals surface area contributed by atoms with Crippen molar-refractivity contribution in [3.8, 4) is 0 Å². The fraction of sp³-hybridized carbons (Fsp3) is 0.500. The van der Waals surface area contributed by atoms with Gasteiger partial charge in [-0.25, -0.2) is 0 Å². The van der Waals surface area contributed by atoms with E-state index in [0.29, 0.717) is 11.0 Å². The molecule has 0 atom stereocenters. The maximum atomic E-state index is 11.7. The van der Waals surface area contributed by atoms with Crippen LogP contribution in [0.15, 0.2) is 21.5 Å². The number of nitro groups is 1. The van der Waals surface area contributed by atoms with Gasteiger partial charge in [0.1, 0.15) is 0 Å². The largest absolute Gasteiger partial charge is 0.335 e. The lowest BCUT2D eigenvalue weighted by Crippen LogP contribution is -2.24. The van der Waals surface area contributed by atoms with Crippen molar-refractivity contribution in [2.45, 2.75) is 19.9 Å². The molecule has 7 heteroatoms. The molecule has 0 aromatic carbocycles. The molecule has 0 aliphatic heterocycles. The maximum absolute atomic E-state index is 11.7. The minimum absolute atomic E-state index is 0.400. The molecule has 0 saturated heterocycles. The van der Waals surface area contributed by atoms with E-state index in [9.17, 15) is 14.9 Å². The van der Waals surface area contributed by atoms with Crippen LogP contribution in [0.3, 0.4) is 0 Å². The normalized spacial score (nSPS) is 10.5. The van der Waals surface area contributed by atoms with Crippen molar-refractivity contribution < 1.29 is 4.92 Å². The van der Waals surface area contributed by atoms with Crippen molar-refractivity contribution in [3.63, 3.8) is 0 Å². The second-order valence-electron chi connectivity index (χ2n) is 3.51. The highest BCUT2D eigenvalue weighted by molar-refractivity contribution is 9.10. The van der Waals surface area contributed by atoms with Gasteiger partial charge < -0.3 is 9.88 Å². The van der Waals surface area contributed by atoms with E-state index >= 15 is 0 Å². The van der Waals surface area contributed by atoms with Crippen molar-refractivity contribution >= 4 is 21.6 Å². The zero-order chi connectivity index (χ0) is 12.8. The molecule has 0 spiro atoms. The van der Waals surface area contributed by atoms with Crippen LogP contribution in [-0.2, 0) is 6.54 Å². The van der Waals surface area contributed by atoms with Crippen LogP contribution in [0.5, 0.6) is 0 Å². The highest BCUT2D eigenvalue weighted by atomic mass is 79.9. The van der Waals surface area contributed by atoms with Crippen molar-refractivity contribution in [1.29, 1.82) is 0 Å². The molecule has 0 bridgehead atoms. The van der Waals surface area contributed by atoms with E-state index in [1.54, 1.807) is 6.20 Å². The van der Waals surface area contributed by atoms with E-state index in [4.69, 9.17) is 0 Å². The first kappa shape index (κ1) is 13.9. The van der Waals surface area contributed by atoms with Gasteiger partial charge >= 0.3 is 11.2 Å². The standard InChI is InChI=1S/C10H14BrN3O3/c1-2-12-4-3-5-13-7-8(11)6-9(10(13)15)14(16)17/h6-7,12H,2-5H2,1H3. The molecule has 0 amide bonds. The quantitative estimate of drug-likeness (QED) is 0.491. The Balaban J connectivity index is 2.85. The number of nitrogens with zero attached hydrogens (tertiary/aromatic N) is 2. The fourth-order valence-electron chi connectivity index (χ4n) is 1.43. The monoisotopic (exact) mass is 303 g/mol. The summed E-state index contributed by atoms with van der Waals surface area (Å²) in [7, 11) is 0. The number of rotatable bonds is 6. The fourth-order valence-corrected chi connectivity index (χ4v) is 1.90. The first-order chi connectivity index (χ1) is 8.06. The molecule has 0 unspecified atom stereocenters. The van der Waals surface area contributed by atoms with Crippen LogP contribution in [0.25, 0.3) is 0 Å². The Morgan fingerprint density at radius 2 is 2.29 bits per heavy atom. The first-order valence-electron chi connectivity index (χ1n) is 5.31. The van der Waals surface area contributed by atoms with Gasteiger partial charge in [0.25, 0.3) is 0 Å². The molecule has 17 heavy (non-hydrogen) atoms. The summed E-state index contributed by atoms with van der Waals surface area (Å²) in [5, 5.41) is 13.8. The average Bonchev–Trinajstić information content (AvgIpc) is 2.28. The molecular formula is C10H14BrN3O3.